The van der Waals surface area contributed by atoms with Gasteiger partial charge in [0.15, 0.2) is 5.78 Å². The number of alkyl carbamates (subject to hydrolysis) is 1. The van der Waals surface area contributed by atoms with E-state index in [9.17, 15) is 9.59 Å². The number of ketones is 1. The van der Waals surface area contributed by atoms with Crippen molar-refractivity contribution in [2.75, 3.05) is 6.54 Å². The molecule has 4 heteroatoms. The van der Waals surface area contributed by atoms with Gasteiger partial charge in [-0.25, -0.2) is 4.79 Å². The molecule has 1 aromatic rings. The Kier molecular flexibility index (Phi) is 5.47. The highest BCUT2D eigenvalue weighted by atomic mass is 16.6. The lowest BCUT2D eigenvalue weighted by Crippen LogP contribution is -2.35. The minimum Gasteiger partial charge on any atom is -0.444 e. The predicted octanol–water partition coefficient (Wildman–Crippen LogP) is 3.68. The fourth-order valence-electron chi connectivity index (χ4n) is 1.79. The van der Waals surface area contributed by atoms with Crippen LogP contribution in [0.2, 0.25) is 0 Å². The second-order valence-electron chi connectivity index (χ2n) is 5.50. The van der Waals surface area contributed by atoms with Gasteiger partial charge in [0.1, 0.15) is 5.60 Å². The highest BCUT2D eigenvalue weighted by Crippen LogP contribution is 2.18. The molecule has 4 nitrogen and oxygen atoms in total. The summed E-state index contributed by atoms with van der Waals surface area (Å²) in [6.45, 7) is 12.6. The van der Waals surface area contributed by atoms with Crippen molar-refractivity contribution in [2.24, 2.45) is 0 Å². The van der Waals surface area contributed by atoms with Gasteiger partial charge in [-0.2, -0.15) is 0 Å². The van der Waals surface area contributed by atoms with Gasteiger partial charge in [-0.15, -0.1) is 0 Å². The first kappa shape index (κ1) is 16.7. The maximum Gasteiger partial charge on any atom is 0.408 e. The van der Waals surface area contributed by atoms with E-state index in [0.717, 1.165) is 5.56 Å². The van der Waals surface area contributed by atoms with Gasteiger partial charge in [-0.05, 0) is 31.9 Å². The first-order chi connectivity index (χ1) is 9.78. The summed E-state index contributed by atoms with van der Waals surface area (Å²) in [6.07, 6.45) is 2.66. The molecule has 0 bridgehead atoms. The maximum absolute atomic E-state index is 12.2. The van der Waals surface area contributed by atoms with E-state index in [1.807, 2.05) is 6.07 Å². The van der Waals surface area contributed by atoms with Crippen molar-refractivity contribution in [1.29, 1.82) is 0 Å². The molecule has 0 aliphatic carbocycles. The average Bonchev–Trinajstić information content (AvgIpc) is 2.41. The van der Waals surface area contributed by atoms with Crippen LogP contribution < -0.4 is 5.32 Å². The van der Waals surface area contributed by atoms with Crippen molar-refractivity contribution in [2.45, 2.75) is 26.4 Å². The van der Waals surface area contributed by atoms with Crippen LogP contribution in [-0.4, -0.2) is 24.0 Å². The summed E-state index contributed by atoms with van der Waals surface area (Å²) in [4.78, 5) is 23.8. The lowest BCUT2D eigenvalue weighted by Gasteiger charge is -2.19. The van der Waals surface area contributed by atoms with Gasteiger partial charge in [0.25, 0.3) is 0 Å². The molecule has 0 spiro atoms. The highest BCUT2D eigenvalue weighted by molar-refractivity contribution is 6.02. The second-order valence-corrected chi connectivity index (χ2v) is 5.50. The van der Waals surface area contributed by atoms with Crippen molar-refractivity contribution in [3.05, 3.63) is 48.0 Å². The molecule has 0 saturated carbocycles. The number of hydrogen-bond acceptors (Lipinski definition) is 3. The lowest BCUT2D eigenvalue weighted by molar-refractivity contribution is 0.0520. The zero-order valence-corrected chi connectivity index (χ0v) is 12.7. The summed E-state index contributed by atoms with van der Waals surface area (Å²) >= 11 is 0. The molecular formula is C17H21NO3. The second kappa shape index (κ2) is 6.88. The molecule has 21 heavy (non-hydrogen) atoms. The van der Waals surface area contributed by atoms with Gasteiger partial charge in [0, 0.05) is 5.56 Å². The maximum atomic E-state index is 12.2. The largest absolute Gasteiger partial charge is 0.444 e. The number of carbonyl (C=O) groups excluding carboxylic acids is 2. The average molecular weight is 287 g/mol. The van der Waals surface area contributed by atoms with Gasteiger partial charge < -0.3 is 10.1 Å². The number of ether oxygens (including phenoxy) is 1. The van der Waals surface area contributed by atoms with E-state index in [-0.39, 0.29) is 12.3 Å². The van der Waals surface area contributed by atoms with E-state index in [1.54, 1.807) is 45.1 Å². The molecule has 0 aromatic heterocycles. The Labute approximate surface area is 125 Å². The van der Waals surface area contributed by atoms with E-state index in [4.69, 9.17) is 4.74 Å². The molecule has 0 heterocycles. The van der Waals surface area contributed by atoms with Gasteiger partial charge in [0.05, 0.1) is 6.54 Å². The normalized spacial score (nSPS) is 10.6. The monoisotopic (exact) mass is 287 g/mol. The first-order valence-corrected chi connectivity index (χ1v) is 6.66. The number of hydrogen-bond donors (Lipinski definition) is 1. The Morgan fingerprint density at radius 3 is 2.43 bits per heavy atom. The molecule has 1 amide bonds. The van der Waals surface area contributed by atoms with Gasteiger partial charge >= 0.3 is 6.09 Å². The molecule has 0 atom stereocenters. The number of benzene rings is 1. The Morgan fingerprint density at radius 1 is 1.24 bits per heavy atom. The molecular weight excluding hydrogens is 266 g/mol. The van der Waals surface area contributed by atoms with Crippen LogP contribution in [0.15, 0.2) is 31.4 Å². The Morgan fingerprint density at radius 2 is 1.90 bits per heavy atom. The third-order valence-electron chi connectivity index (χ3n) is 2.66. The third-order valence-corrected chi connectivity index (χ3v) is 2.66. The zero-order chi connectivity index (χ0) is 16.0. The van der Waals surface area contributed by atoms with Crippen LogP contribution in [0.25, 0.3) is 12.2 Å². The summed E-state index contributed by atoms with van der Waals surface area (Å²) in [5.41, 5.74) is 1.44. The minimum absolute atomic E-state index is 0.129. The molecule has 0 fully saturated rings. The number of Topliss-reactive ketones (excluding diaryl/α,β-unsaturated/α-hetero) is 1. The van der Waals surface area contributed by atoms with E-state index in [0.29, 0.717) is 11.1 Å². The van der Waals surface area contributed by atoms with Crippen LogP contribution in [0, 0.1) is 0 Å². The zero-order valence-electron chi connectivity index (χ0n) is 12.7. The van der Waals surface area contributed by atoms with Crippen molar-refractivity contribution in [1.82, 2.24) is 5.32 Å². The fourth-order valence-corrected chi connectivity index (χ4v) is 1.79. The molecule has 1 aromatic carbocycles. The summed E-state index contributed by atoms with van der Waals surface area (Å²) in [7, 11) is 0. The topological polar surface area (TPSA) is 55.4 Å². The molecule has 0 radical (unpaired) electrons. The Hall–Kier alpha value is -2.36. The van der Waals surface area contributed by atoms with Crippen molar-refractivity contribution in [3.8, 4) is 0 Å². The summed E-state index contributed by atoms with van der Waals surface area (Å²) in [5, 5.41) is 2.46. The van der Waals surface area contributed by atoms with Crippen LogP contribution in [0.1, 0.15) is 42.3 Å². The molecule has 0 unspecified atom stereocenters. The quantitative estimate of drug-likeness (QED) is 0.840. The Balaban J connectivity index is 2.79. The lowest BCUT2D eigenvalue weighted by atomic mass is 9.98. The molecule has 0 saturated heterocycles. The van der Waals surface area contributed by atoms with E-state index in [1.165, 1.54) is 0 Å². The van der Waals surface area contributed by atoms with Crippen molar-refractivity contribution >= 4 is 24.0 Å². The van der Waals surface area contributed by atoms with Crippen LogP contribution >= 0.6 is 0 Å². The molecule has 112 valence electrons. The van der Waals surface area contributed by atoms with E-state index < -0.39 is 11.7 Å². The fraction of sp³-hybridized carbons (Fsp3) is 0.294. The standard InChI is InChI=1S/C17H21NO3/c1-6-12-9-8-10-14(13(12)7-2)15(19)11-18-16(20)21-17(3,4)5/h6-10H,1-2,11H2,3-5H3,(H,18,20). The SMILES string of the molecule is C=Cc1cccc(C(=O)CNC(=O)OC(C)(C)C)c1C=C. The highest BCUT2D eigenvalue weighted by Gasteiger charge is 2.18. The predicted molar refractivity (Wildman–Crippen MR) is 85.2 cm³/mol. The Bertz CT molecular complexity index is 568. The summed E-state index contributed by atoms with van der Waals surface area (Å²) < 4.78 is 5.09. The molecule has 0 aliphatic rings. The minimum atomic E-state index is -0.615. The smallest absolute Gasteiger partial charge is 0.408 e. The van der Waals surface area contributed by atoms with Crippen molar-refractivity contribution in [3.63, 3.8) is 0 Å². The number of rotatable bonds is 5. The van der Waals surface area contributed by atoms with Gasteiger partial charge in [-0.1, -0.05) is 43.5 Å². The van der Waals surface area contributed by atoms with Crippen LogP contribution in [0.5, 0.6) is 0 Å². The van der Waals surface area contributed by atoms with Crippen molar-refractivity contribution < 1.29 is 14.3 Å². The number of amides is 1. The van der Waals surface area contributed by atoms with Gasteiger partial charge in [-0.3, -0.25) is 4.79 Å². The van der Waals surface area contributed by atoms with E-state index >= 15 is 0 Å². The van der Waals surface area contributed by atoms with E-state index in [2.05, 4.69) is 18.5 Å². The molecule has 0 aliphatic heterocycles. The third kappa shape index (κ3) is 4.91. The first-order valence-electron chi connectivity index (χ1n) is 6.66. The summed E-state index contributed by atoms with van der Waals surface area (Å²) in [5.74, 6) is -0.209. The summed E-state index contributed by atoms with van der Waals surface area (Å²) in [6, 6.07) is 5.32. The van der Waals surface area contributed by atoms with Crippen LogP contribution in [0.4, 0.5) is 4.79 Å². The number of nitrogens with one attached hydrogen (secondary N) is 1. The molecule has 1 N–H and O–H groups in total. The van der Waals surface area contributed by atoms with Crippen LogP contribution in [-0.2, 0) is 4.74 Å². The van der Waals surface area contributed by atoms with Crippen LogP contribution in [0.3, 0.4) is 0 Å². The molecule has 1 rings (SSSR count). The van der Waals surface area contributed by atoms with Gasteiger partial charge in [0.2, 0.25) is 0 Å². The number of carbonyl (C=O) groups is 2.